The van der Waals surface area contributed by atoms with Gasteiger partial charge in [0.05, 0.1) is 5.92 Å². The first kappa shape index (κ1) is 17.0. The lowest BCUT2D eigenvalue weighted by Gasteiger charge is -2.33. The third-order valence-electron chi connectivity index (χ3n) is 5.12. The monoisotopic (exact) mass is 334 g/mol. The average molecular weight is 334 g/mol. The van der Waals surface area contributed by atoms with Crippen LogP contribution in [0.25, 0.3) is 0 Å². The zero-order valence-electron chi connectivity index (χ0n) is 14.2. The van der Waals surface area contributed by atoms with Crippen molar-refractivity contribution in [1.29, 1.82) is 0 Å². The predicted octanol–water partition coefficient (Wildman–Crippen LogP) is 0.501. The Morgan fingerprint density at radius 3 is 2.79 bits per heavy atom. The fourth-order valence-corrected chi connectivity index (χ4v) is 3.96. The molecule has 2 N–H and O–H groups in total. The van der Waals surface area contributed by atoms with Gasteiger partial charge in [-0.25, -0.2) is 4.79 Å². The molecule has 2 unspecified atom stereocenters. The first-order chi connectivity index (χ1) is 11.6. The Bertz CT molecular complexity index is 665. The van der Waals surface area contributed by atoms with E-state index in [0.29, 0.717) is 18.8 Å². The number of hydrogen-bond acceptors (Lipinski definition) is 4. The Hall–Kier alpha value is -1.89. The van der Waals surface area contributed by atoms with Gasteiger partial charge in [0.1, 0.15) is 0 Å². The number of amides is 1. The maximum Gasteiger partial charge on any atom is 0.325 e. The van der Waals surface area contributed by atoms with Crippen molar-refractivity contribution in [2.45, 2.75) is 38.5 Å². The first-order valence-electron chi connectivity index (χ1n) is 8.91. The number of carbonyl (C=O) groups is 1. The molecule has 24 heavy (non-hydrogen) atoms. The summed E-state index contributed by atoms with van der Waals surface area (Å²) in [6, 6.07) is 1.43. The molecule has 1 aromatic rings. The third-order valence-corrected chi connectivity index (χ3v) is 5.12. The second-order valence-electron chi connectivity index (χ2n) is 6.95. The summed E-state index contributed by atoms with van der Waals surface area (Å²) in [6.45, 7) is 6.45. The van der Waals surface area contributed by atoms with Crippen molar-refractivity contribution in [3.8, 4) is 0 Å². The molecule has 0 radical (unpaired) electrons. The lowest BCUT2D eigenvalue weighted by atomic mass is 9.96. The van der Waals surface area contributed by atoms with E-state index >= 15 is 0 Å². The highest BCUT2D eigenvalue weighted by atomic mass is 16.2. The van der Waals surface area contributed by atoms with E-state index in [2.05, 4.69) is 21.8 Å². The fourth-order valence-electron chi connectivity index (χ4n) is 3.96. The third kappa shape index (κ3) is 3.77. The van der Waals surface area contributed by atoms with Crippen molar-refractivity contribution in [1.82, 2.24) is 19.8 Å². The van der Waals surface area contributed by atoms with Crippen LogP contribution in [0.1, 0.15) is 44.2 Å². The second-order valence-corrected chi connectivity index (χ2v) is 6.95. The van der Waals surface area contributed by atoms with E-state index in [9.17, 15) is 14.4 Å². The van der Waals surface area contributed by atoms with Crippen LogP contribution >= 0.6 is 0 Å². The molecular formula is C17H26N4O3. The average Bonchev–Trinajstić information content (AvgIpc) is 3.04. The smallest absolute Gasteiger partial charge is 0.325 e. The van der Waals surface area contributed by atoms with Gasteiger partial charge < -0.3 is 14.8 Å². The zero-order chi connectivity index (χ0) is 17.1. The van der Waals surface area contributed by atoms with E-state index in [1.807, 2.05) is 4.90 Å². The number of H-pyrrole nitrogens is 2. The van der Waals surface area contributed by atoms with Crippen molar-refractivity contribution in [2.24, 2.45) is 5.92 Å². The molecule has 7 nitrogen and oxygen atoms in total. The summed E-state index contributed by atoms with van der Waals surface area (Å²) < 4.78 is 0. The molecule has 3 rings (SSSR count). The molecule has 3 heterocycles. The van der Waals surface area contributed by atoms with E-state index in [4.69, 9.17) is 0 Å². The van der Waals surface area contributed by atoms with Gasteiger partial charge in [0.15, 0.2) is 0 Å². The molecular weight excluding hydrogens is 308 g/mol. The Labute approximate surface area is 141 Å². The molecule has 2 fully saturated rings. The zero-order valence-corrected chi connectivity index (χ0v) is 14.2. The van der Waals surface area contributed by atoms with Gasteiger partial charge in [-0.3, -0.25) is 14.6 Å². The van der Waals surface area contributed by atoms with Crippen molar-refractivity contribution >= 4 is 5.91 Å². The molecule has 0 bridgehead atoms. The Morgan fingerprint density at radius 2 is 2.04 bits per heavy atom. The molecule has 1 aromatic heterocycles. The molecule has 1 amide bonds. The number of aromatic amines is 2. The lowest BCUT2D eigenvalue weighted by Crippen LogP contribution is -2.44. The number of aromatic nitrogens is 2. The van der Waals surface area contributed by atoms with E-state index in [-0.39, 0.29) is 23.3 Å². The SMILES string of the molecule is CCCN1CCCC(C(=O)N2CCC(c3cc(=O)[nH]c(=O)[nH]3)C2)C1. The lowest BCUT2D eigenvalue weighted by molar-refractivity contribution is -0.136. The summed E-state index contributed by atoms with van der Waals surface area (Å²) >= 11 is 0. The summed E-state index contributed by atoms with van der Waals surface area (Å²) in [6.07, 6.45) is 3.94. The van der Waals surface area contributed by atoms with Gasteiger partial charge in [0, 0.05) is 37.3 Å². The Balaban J connectivity index is 1.63. The summed E-state index contributed by atoms with van der Waals surface area (Å²) in [4.78, 5) is 44.9. The number of nitrogens with one attached hydrogen (secondary N) is 2. The van der Waals surface area contributed by atoms with Gasteiger partial charge in [-0.2, -0.15) is 0 Å². The minimum absolute atomic E-state index is 0.0410. The molecule has 7 heteroatoms. The number of likely N-dealkylation sites (tertiary alicyclic amines) is 2. The molecule has 2 aliphatic rings. The standard InChI is InChI=1S/C17H26N4O3/c1-2-6-20-7-3-4-13(10-20)16(23)21-8-5-12(11-21)14-9-15(22)19-17(24)18-14/h9,12-13H,2-8,10-11H2,1H3,(H2,18,19,22,24). The van der Waals surface area contributed by atoms with Crippen molar-refractivity contribution in [3.05, 3.63) is 32.6 Å². The molecule has 2 aliphatic heterocycles. The normalized spacial score (nSPS) is 25.1. The van der Waals surface area contributed by atoms with Crippen LogP contribution in [0.15, 0.2) is 15.7 Å². The van der Waals surface area contributed by atoms with Crippen molar-refractivity contribution in [2.75, 3.05) is 32.7 Å². The Morgan fingerprint density at radius 1 is 1.21 bits per heavy atom. The maximum absolute atomic E-state index is 12.8. The van der Waals surface area contributed by atoms with Gasteiger partial charge in [0.25, 0.3) is 5.56 Å². The van der Waals surface area contributed by atoms with E-state index in [1.54, 1.807) is 0 Å². The van der Waals surface area contributed by atoms with Gasteiger partial charge in [-0.15, -0.1) is 0 Å². The summed E-state index contributed by atoms with van der Waals surface area (Å²) in [5.41, 5.74) is -0.235. The van der Waals surface area contributed by atoms with Crippen LogP contribution in [-0.2, 0) is 4.79 Å². The first-order valence-corrected chi connectivity index (χ1v) is 8.91. The van der Waals surface area contributed by atoms with Crippen LogP contribution in [0.3, 0.4) is 0 Å². The summed E-state index contributed by atoms with van der Waals surface area (Å²) in [5, 5.41) is 0. The minimum Gasteiger partial charge on any atom is -0.342 e. The van der Waals surface area contributed by atoms with E-state index < -0.39 is 5.69 Å². The number of rotatable bonds is 4. The molecule has 0 saturated carbocycles. The number of nitrogens with zero attached hydrogens (tertiary/aromatic N) is 2. The van der Waals surface area contributed by atoms with Gasteiger partial charge in [0.2, 0.25) is 5.91 Å². The number of hydrogen-bond donors (Lipinski definition) is 2. The van der Waals surface area contributed by atoms with E-state index in [1.165, 1.54) is 6.07 Å². The van der Waals surface area contributed by atoms with Crippen molar-refractivity contribution in [3.63, 3.8) is 0 Å². The highest BCUT2D eigenvalue weighted by Gasteiger charge is 2.34. The fraction of sp³-hybridized carbons (Fsp3) is 0.706. The molecule has 0 aromatic carbocycles. The second kappa shape index (κ2) is 7.34. The summed E-state index contributed by atoms with van der Waals surface area (Å²) in [5.74, 6) is 0.354. The number of piperidine rings is 1. The van der Waals surface area contributed by atoms with Crippen LogP contribution in [0.2, 0.25) is 0 Å². The summed E-state index contributed by atoms with van der Waals surface area (Å²) in [7, 11) is 0. The van der Waals surface area contributed by atoms with Crippen LogP contribution in [-0.4, -0.2) is 58.4 Å². The minimum atomic E-state index is -0.482. The van der Waals surface area contributed by atoms with E-state index in [0.717, 1.165) is 45.3 Å². The number of carbonyl (C=O) groups excluding carboxylic acids is 1. The highest BCUT2D eigenvalue weighted by molar-refractivity contribution is 5.79. The van der Waals surface area contributed by atoms with Gasteiger partial charge in [-0.05, 0) is 38.8 Å². The predicted molar refractivity (Wildman–Crippen MR) is 91.1 cm³/mol. The van der Waals surface area contributed by atoms with Gasteiger partial charge >= 0.3 is 5.69 Å². The molecule has 0 aliphatic carbocycles. The Kier molecular flexibility index (Phi) is 5.18. The van der Waals surface area contributed by atoms with Crippen molar-refractivity contribution < 1.29 is 4.79 Å². The largest absolute Gasteiger partial charge is 0.342 e. The molecule has 2 saturated heterocycles. The van der Waals surface area contributed by atoms with Crippen LogP contribution < -0.4 is 11.2 Å². The quantitative estimate of drug-likeness (QED) is 0.839. The molecule has 0 spiro atoms. The maximum atomic E-state index is 12.8. The van der Waals surface area contributed by atoms with Crippen LogP contribution in [0, 0.1) is 5.92 Å². The van der Waals surface area contributed by atoms with Gasteiger partial charge in [-0.1, -0.05) is 6.92 Å². The van der Waals surface area contributed by atoms with Crippen LogP contribution in [0.5, 0.6) is 0 Å². The highest BCUT2D eigenvalue weighted by Crippen LogP contribution is 2.27. The van der Waals surface area contributed by atoms with Crippen LogP contribution in [0.4, 0.5) is 0 Å². The molecule has 2 atom stereocenters. The molecule has 132 valence electrons. The topological polar surface area (TPSA) is 89.3 Å².